The Morgan fingerprint density at radius 3 is 2.52 bits per heavy atom. The summed E-state index contributed by atoms with van der Waals surface area (Å²) in [5, 5.41) is 10.4. The van der Waals surface area contributed by atoms with Gasteiger partial charge in [0, 0.05) is 0 Å². The van der Waals surface area contributed by atoms with Crippen molar-refractivity contribution in [3.05, 3.63) is 53.5 Å². The van der Waals surface area contributed by atoms with E-state index in [-0.39, 0.29) is 18.1 Å². The van der Waals surface area contributed by atoms with Gasteiger partial charge in [-0.3, -0.25) is 4.79 Å². The van der Waals surface area contributed by atoms with Crippen LogP contribution in [0.2, 0.25) is 0 Å². The topological polar surface area (TPSA) is 75.3 Å². The lowest BCUT2D eigenvalue weighted by Gasteiger charge is -2.06. The van der Waals surface area contributed by atoms with Crippen molar-refractivity contribution in [3.63, 3.8) is 0 Å². The third-order valence-corrected chi connectivity index (χ3v) is 2.70. The first-order chi connectivity index (χ1) is 10.9. The summed E-state index contributed by atoms with van der Waals surface area (Å²) in [5.74, 6) is -0.408. The van der Waals surface area contributed by atoms with Crippen LogP contribution in [-0.4, -0.2) is 18.6 Å². The number of nitriles is 1. The van der Waals surface area contributed by atoms with Gasteiger partial charge in [0.25, 0.3) is 5.91 Å². The van der Waals surface area contributed by atoms with E-state index in [1.807, 2.05) is 6.07 Å². The van der Waals surface area contributed by atoms with Crippen LogP contribution < -0.4 is 10.1 Å². The highest BCUT2D eigenvalue weighted by atomic mass is 19.4. The minimum atomic E-state index is -4.48. The quantitative estimate of drug-likeness (QED) is 0.917. The summed E-state index contributed by atoms with van der Waals surface area (Å²) in [6.07, 6.45) is -4.48. The fourth-order valence-corrected chi connectivity index (χ4v) is 1.63. The second-order valence-electron chi connectivity index (χ2n) is 4.49. The van der Waals surface area contributed by atoms with Crippen molar-refractivity contribution in [2.45, 2.75) is 12.8 Å². The fourth-order valence-electron chi connectivity index (χ4n) is 1.63. The number of nitrogens with zero attached hydrogens (tertiary/aromatic N) is 1. The second kappa shape index (κ2) is 6.87. The van der Waals surface area contributed by atoms with E-state index >= 15 is 0 Å². The Balaban J connectivity index is 1.89. The van der Waals surface area contributed by atoms with E-state index in [1.54, 1.807) is 29.6 Å². The molecule has 0 aliphatic heterocycles. The van der Waals surface area contributed by atoms with Crippen LogP contribution >= 0.6 is 0 Å². The molecule has 1 amide bonds. The van der Waals surface area contributed by atoms with E-state index in [9.17, 15) is 18.0 Å². The third kappa shape index (κ3) is 5.07. The lowest BCUT2D eigenvalue weighted by molar-refractivity contribution is -0.123. The molecule has 0 radical (unpaired) electrons. The Morgan fingerprint density at radius 1 is 1.22 bits per heavy atom. The number of halogens is 3. The molecule has 1 aromatic carbocycles. The largest absolute Gasteiger partial charge is 0.486 e. The van der Waals surface area contributed by atoms with Crippen LogP contribution in [-0.2, 0) is 6.61 Å². The zero-order chi connectivity index (χ0) is 16.9. The number of furan rings is 1. The van der Waals surface area contributed by atoms with E-state index in [0.717, 1.165) is 0 Å². The summed E-state index contributed by atoms with van der Waals surface area (Å²) in [5.41, 5.74) is 0.485. The normalized spacial score (nSPS) is 10.9. The van der Waals surface area contributed by atoms with Crippen LogP contribution in [0.1, 0.15) is 21.9 Å². The number of hydrogen-bond donors (Lipinski definition) is 1. The minimum absolute atomic E-state index is 0.00154. The van der Waals surface area contributed by atoms with Crippen molar-refractivity contribution >= 4 is 5.91 Å². The monoisotopic (exact) mass is 324 g/mol. The first-order valence-corrected chi connectivity index (χ1v) is 6.44. The van der Waals surface area contributed by atoms with E-state index in [2.05, 4.69) is 0 Å². The standard InChI is InChI=1S/C15H11F3N2O3/c16-15(17,18)9-20-14(21)13-6-5-12(23-13)8-22-11-3-1-10(7-19)2-4-11/h1-6H,8-9H2,(H,20,21). The van der Waals surface area contributed by atoms with Gasteiger partial charge in [-0.25, -0.2) is 0 Å². The Bertz CT molecular complexity index is 715. The molecule has 2 rings (SSSR count). The highest BCUT2D eigenvalue weighted by molar-refractivity contribution is 5.91. The lowest BCUT2D eigenvalue weighted by atomic mass is 10.2. The average molecular weight is 324 g/mol. The van der Waals surface area contributed by atoms with Crippen LogP contribution in [0.4, 0.5) is 13.2 Å². The summed E-state index contributed by atoms with van der Waals surface area (Å²) < 4.78 is 46.5. The van der Waals surface area contributed by atoms with E-state index in [4.69, 9.17) is 14.4 Å². The van der Waals surface area contributed by atoms with E-state index in [1.165, 1.54) is 12.1 Å². The molecule has 23 heavy (non-hydrogen) atoms. The molecule has 0 bridgehead atoms. The van der Waals surface area contributed by atoms with Gasteiger partial charge in [0.2, 0.25) is 0 Å². The molecule has 0 atom stereocenters. The number of amides is 1. The van der Waals surface area contributed by atoms with Gasteiger partial charge in [0.1, 0.15) is 24.7 Å². The number of hydrogen-bond acceptors (Lipinski definition) is 4. The Kier molecular flexibility index (Phi) is 4.91. The Hall–Kier alpha value is -2.95. The number of alkyl halides is 3. The number of rotatable bonds is 5. The molecule has 1 aromatic heterocycles. The van der Waals surface area contributed by atoms with Gasteiger partial charge in [-0.15, -0.1) is 0 Å². The predicted octanol–water partition coefficient (Wildman–Crippen LogP) is 3.02. The maximum atomic E-state index is 12.0. The molecular weight excluding hydrogens is 313 g/mol. The van der Waals surface area contributed by atoms with Crippen molar-refractivity contribution in [1.29, 1.82) is 5.26 Å². The molecule has 1 N–H and O–H groups in total. The average Bonchev–Trinajstić information content (AvgIpc) is 2.99. The van der Waals surface area contributed by atoms with Gasteiger partial charge < -0.3 is 14.5 Å². The molecule has 0 saturated carbocycles. The molecule has 0 fully saturated rings. The van der Waals surface area contributed by atoms with Crippen LogP contribution in [0.5, 0.6) is 5.75 Å². The van der Waals surface area contributed by atoms with Gasteiger partial charge in [-0.05, 0) is 36.4 Å². The molecule has 0 unspecified atom stereocenters. The van der Waals surface area contributed by atoms with E-state index in [0.29, 0.717) is 11.3 Å². The lowest BCUT2D eigenvalue weighted by Crippen LogP contribution is -2.33. The summed E-state index contributed by atoms with van der Waals surface area (Å²) in [6, 6.07) is 11.0. The summed E-state index contributed by atoms with van der Waals surface area (Å²) in [4.78, 5) is 11.5. The zero-order valence-corrected chi connectivity index (χ0v) is 11.7. The predicted molar refractivity (Wildman–Crippen MR) is 72.6 cm³/mol. The van der Waals surface area contributed by atoms with Gasteiger partial charge in [-0.2, -0.15) is 18.4 Å². The summed E-state index contributed by atoms with van der Waals surface area (Å²) in [6.45, 7) is -1.43. The van der Waals surface area contributed by atoms with Crippen LogP contribution in [0, 0.1) is 11.3 Å². The van der Waals surface area contributed by atoms with Gasteiger partial charge >= 0.3 is 6.18 Å². The van der Waals surface area contributed by atoms with Crippen molar-refractivity contribution in [2.24, 2.45) is 0 Å². The minimum Gasteiger partial charge on any atom is -0.486 e. The third-order valence-electron chi connectivity index (χ3n) is 2.70. The van der Waals surface area contributed by atoms with Gasteiger partial charge in [0.15, 0.2) is 5.76 Å². The molecule has 0 aliphatic rings. The Labute approximate surface area is 129 Å². The SMILES string of the molecule is N#Cc1ccc(OCc2ccc(C(=O)NCC(F)(F)F)o2)cc1. The highest BCUT2D eigenvalue weighted by Crippen LogP contribution is 2.16. The second-order valence-corrected chi connectivity index (χ2v) is 4.49. The van der Waals surface area contributed by atoms with Crippen LogP contribution in [0.25, 0.3) is 0 Å². The molecule has 0 spiro atoms. The molecule has 2 aromatic rings. The maximum absolute atomic E-state index is 12.0. The number of benzene rings is 1. The number of nitrogens with one attached hydrogen (secondary N) is 1. The molecule has 0 saturated heterocycles. The summed E-state index contributed by atoms with van der Waals surface area (Å²) in [7, 11) is 0. The molecule has 5 nitrogen and oxygen atoms in total. The van der Waals surface area contributed by atoms with Crippen LogP contribution in [0.15, 0.2) is 40.8 Å². The maximum Gasteiger partial charge on any atom is 0.405 e. The summed E-state index contributed by atoms with van der Waals surface area (Å²) >= 11 is 0. The highest BCUT2D eigenvalue weighted by Gasteiger charge is 2.28. The van der Waals surface area contributed by atoms with E-state index < -0.39 is 18.6 Å². The first kappa shape index (κ1) is 16.4. The zero-order valence-electron chi connectivity index (χ0n) is 11.7. The first-order valence-electron chi connectivity index (χ1n) is 6.44. The van der Waals surface area contributed by atoms with Crippen molar-refractivity contribution in [2.75, 3.05) is 6.54 Å². The van der Waals surface area contributed by atoms with Gasteiger partial charge in [0.05, 0.1) is 11.6 Å². The van der Waals surface area contributed by atoms with Crippen LogP contribution in [0.3, 0.4) is 0 Å². The van der Waals surface area contributed by atoms with Gasteiger partial charge in [-0.1, -0.05) is 0 Å². The van der Waals surface area contributed by atoms with Crippen molar-refractivity contribution in [3.8, 4) is 11.8 Å². The number of carbonyl (C=O) groups excluding carboxylic acids is 1. The smallest absolute Gasteiger partial charge is 0.405 e. The number of ether oxygens (including phenoxy) is 1. The molecule has 0 aliphatic carbocycles. The van der Waals surface area contributed by atoms with Crippen molar-refractivity contribution < 1.29 is 27.1 Å². The molecule has 120 valence electrons. The molecule has 1 heterocycles. The number of carbonyl (C=O) groups is 1. The molecular formula is C15H11F3N2O3. The fraction of sp³-hybridized carbons (Fsp3) is 0.200. The van der Waals surface area contributed by atoms with Crippen molar-refractivity contribution in [1.82, 2.24) is 5.32 Å². The molecule has 8 heteroatoms. The Morgan fingerprint density at radius 2 is 1.91 bits per heavy atom.